The second kappa shape index (κ2) is 8.27. The monoisotopic (exact) mass is 453 g/mol. The van der Waals surface area contributed by atoms with E-state index in [0.717, 1.165) is 9.87 Å². The standard InChI is InChI=1S/C20H23NO7S2/c1-4-27-20(22)19-13-21(30(25,26)15-8-6-14(3)7-9-15)17-12-16(29(23,24)5-2)10-11-18(17)28-19/h6-12,19H,4-5,13H2,1-3H3/t19-/m1/s1. The molecule has 2 aromatic carbocycles. The van der Waals surface area contributed by atoms with Crippen LogP contribution in [0.2, 0.25) is 0 Å². The Hall–Kier alpha value is -2.59. The van der Waals surface area contributed by atoms with Gasteiger partial charge in [-0.2, -0.15) is 0 Å². The van der Waals surface area contributed by atoms with Gasteiger partial charge in [-0.05, 0) is 44.2 Å². The Kier molecular flexibility index (Phi) is 6.09. The van der Waals surface area contributed by atoms with Gasteiger partial charge >= 0.3 is 5.97 Å². The highest BCUT2D eigenvalue weighted by Crippen LogP contribution is 2.39. The molecule has 1 aliphatic rings. The number of carbonyl (C=O) groups is 1. The Labute approximate surface area is 176 Å². The molecular weight excluding hydrogens is 430 g/mol. The number of benzene rings is 2. The summed E-state index contributed by atoms with van der Waals surface area (Å²) in [7, 11) is -7.67. The Morgan fingerprint density at radius 3 is 2.30 bits per heavy atom. The molecule has 1 heterocycles. The van der Waals surface area contributed by atoms with E-state index in [1.54, 1.807) is 19.1 Å². The highest BCUT2D eigenvalue weighted by atomic mass is 32.2. The normalized spacial score (nSPS) is 16.5. The lowest BCUT2D eigenvalue weighted by Gasteiger charge is -2.34. The van der Waals surface area contributed by atoms with Crippen LogP contribution in [0.25, 0.3) is 0 Å². The van der Waals surface area contributed by atoms with Gasteiger partial charge in [0.15, 0.2) is 9.84 Å². The predicted molar refractivity (Wildman–Crippen MR) is 111 cm³/mol. The number of hydrogen-bond acceptors (Lipinski definition) is 7. The van der Waals surface area contributed by atoms with Crippen molar-refractivity contribution in [1.82, 2.24) is 0 Å². The Morgan fingerprint density at radius 1 is 1.07 bits per heavy atom. The average Bonchev–Trinajstić information content (AvgIpc) is 2.72. The summed E-state index contributed by atoms with van der Waals surface area (Å²) in [6.45, 7) is 4.75. The molecule has 0 N–H and O–H groups in total. The molecule has 0 radical (unpaired) electrons. The first-order chi connectivity index (χ1) is 14.1. The van der Waals surface area contributed by atoms with E-state index in [1.807, 2.05) is 6.92 Å². The molecule has 0 aromatic heterocycles. The van der Waals surface area contributed by atoms with Crippen LogP contribution in [0.15, 0.2) is 52.3 Å². The number of hydrogen-bond donors (Lipinski definition) is 0. The third kappa shape index (κ3) is 4.15. The third-order valence-corrected chi connectivity index (χ3v) is 8.22. The van der Waals surface area contributed by atoms with E-state index in [0.29, 0.717) is 0 Å². The number of carbonyl (C=O) groups excluding carboxylic acids is 1. The summed E-state index contributed by atoms with van der Waals surface area (Å²) in [5.41, 5.74) is 0.947. The predicted octanol–water partition coefficient (Wildman–Crippen LogP) is 2.31. The maximum atomic E-state index is 13.4. The van der Waals surface area contributed by atoms with Crippen LogP contribution < -0.4 is 9.04 Å². The quantitative estimate of drug-likeness (QED) is 0.618. The fraction of sp³-hybridized carbons (Fsp3) is 0.350. The van der Waals surface area contributed by atoms with Crippen molar-refractivity contribution in [2.24, 2.45) is 0 Å². The molecule has 0 aliphatic carbocycles. The third-order valence-electron chi connectivity index (χ3n) is 4.70. The first-order valence-electron chi connectivity index (χ1n) is 9.39. The van der Waals surface area contributed by atoms with E-state index in [2.05, 4.69) is 0 Å². The summed E-state index contributed by atoms with van der Waals surface area (Å²) >= 11 is 0. The summed E-state index contributed by atoms with van der Waals surface area (Å²) in [5.74, 6) is -0.745. The lowest BCUT2D eigenvalue weighted by molar-refractivity contribution is -0.151. The number of nitrogens with zero attached hydrogens (tertiary/aromatic N) is 1. The molecule has 162 valence electrons. The molecule has 0 spiro atoms. The maximum Gasteiger partial charge on any atom is 0.349 e. The number of anilines is 1. The number of esters is 1. The van der Waals surface area contributed by atoms with Crippen molar-refractivity contribution in [3.63, 3.8) is 0 Å². The first-order valence-corrected chi connectivity index (χ1v) is 12.5. The highest BCUT2D eigenvalue weighted by molar-refractivity contribution is 7.93. The van der Waals surface area contributed by atoms with Crippen LogP contribution in [0.5, 0.6) is 5.75 Å². The van der Waals surface area contributed by atoms with Crippen LogP contribution in [-0.2, 0) is 29.4 Å². The molecule has 0 saturated heterocycles. The van der Waals surface area contributed by atoms with Crippen molar-refractivity contribution in [2.45, 2.75) is 36.7 Å². The SMILES string of the molecule is CCOC(=O)[C@H]1CN(S(=O)(=O)c2ccc(C)cc2)c2cc(S(=O)(=O)CC)ccc2O1. The number of ether oxygens (including phenoxy) is 2. The Morgan fingerprint density at radius 2 is 1.70 bits per heavy atom. The summed E-state index contributed by atoms with van der Waals surface area (Å²) in [5, 5.41) is 0. The summed E-state index contributed by atoms with van der Waals surface area (Å²) in [6.07, 6.45) is -1.17. The summed E-state index contributed by atoms with van der Waals surface area (Å²) < 4.78 is 63.1. The van der Waals surface area contributed by atoms with Crippen LogP contribution in [0.4, 0.5) is 5.69 Å². The van der Waals surface area contributed by atoms with Gasteiger partial charge in [0.1, 0.15) is 5.75 Å². The summed E-state index contributed by atoms with van der Waals surface area (Å²) in [4.78, 5) is 12.3. The molecule has 8 nitrogen and oxygen atoms in total. The zero-order valence-electron chi connectivity index (χ0n) is 16.9. The van der Waals surface area contributed by atoms with Gasteiger partial charge < -0.3 is 9.47 Å². The number of aryl methyl sites for hydroxylation is 1. The van der Waals surface area contributed by atoms with Gasteiger partial charge in [0.25, 0.3) is 10.0 Å². The van der Waals surface area contributed by atoms with Gasteiger partial charge in [0.05, 0.1) is 34.4 Å². The van der Waals surface area contributed by atoms with E-state index in [1.165, 1.54) is 37.3 Å². The highest BCUT2D eigenvalue weighted by Gasteiger charge is 2.39. The first kappa shape index (κ1) is 22.1. The van der Waals surface area contributed by atoms with Crippen molar-refractivity contribution in [1.29, 1.82) is 0 Å². The minimum Gasteiger partial charge on any atom is -0.475 e. The molecule has 0 unspecified atom stereocenters. The second-order valence-corrected chi connectivity index (χ2v) is 10.9. The molecule has 1 aliphatic heterocycles. The number of sulfonamides is 1. The van der Waals surface area contributed by atoms with Gasteiger partial charge in [-0.15, -0.1) is 0 Å². The van der Waals surface area contributed by atoms with E-state index in [4.69, 9.17) is 9.47 Å². The Bertz CT molecular complexity index is 1160. The van der Waals surface area contributed by atoms with Crippen molar-refractivity contribution in [3.05, 3.63) is 48.0 Å². The van der Waals surface area contributed by atoms with Gasteiger partial charge in [-0.25, -0.2) is 21.6 Å². The minimum atomic E-state index is -4.09. The molecule has 0 saturated carbocycles. The van der Waals surface area contributed by atoms with Gasteiger partial charge in [0.2, 0.25) is 6.10 Å². The van der Waals surface area contributed by atoms with Crippen molar-refractivity contribution in [2.75, 3.05) is 23.2 Å². The molecule has 10 heteroatoms. The lowest BCUT2D eigenvalue weighted by Crippen LogP contribution is -2.47. The molecule has 0 amide bonds. The van der Waals surface area contributed by atoms with E-state index in [-0.39, 0.29) is 40.1 Å². The van der Waals surface area contributed by atoms with Crippen LogP contribution in [0.3, 0.4) is 0 Å². The number of rotatable bonds is 6. The molecule has 3 rings (SSSR count). The van der Waals surface area contributed by atoms with Crippen molar-refractivity contribution >= 4 is 31.5 Å². The van der Waals surface area contributed by atoms with E-state index >= 15 is 0 Å². The van der Waals surface area contributed by atoms with E-state index in [9.17, 15) is 21.6 Å². The minimum absolute atomic E-state index is 0.0207. The summed E-state index contributed by atoms with van der Waals surface area (Å²) in [6, 6.07) is 10.2. The smallest absolute Gasteiger partial charge is 0.349 e. The maximum absolute atomic E-state index is 13.4. The number of fused-ring (bicyclic) bond motifs is 1. The topological polar surface area (TPSA) is 107 Å². The molecule has 0 bridgehead atoms. The molecular formula is C20H23NO7S2. The Balaban J connectivity index is 2.15. The molecule has 0 fully saturated rings. The largest absolute Gasteiger partial charge is 0.475 e. The second-order valence-electron chi connectivity index (χ2n) is 6.74. The number of sulfone groups is 1. The zero-order chi connectivity index (χ0) is 22.1. The van der Waals surface area contributed by atoms with Crippen LogP contribution >= 0.6 is 0 Å². The zero-order valence-corrected chi connectivity index (χ0v) is 18.5. The van der Waals surface area contributed by atoms with Crippen molar-refractivity contribution in [3.8, 4) is 5.75 Å². The van der Waals surface area contributed by atoms with Gasteiger partial charge in [0, 0.05) is 0 Å². The lowest BCUT2D eigenvalue weighted by atomic mass is 10.2. The van der Waals surface area contributed by atoms with Gasteiger partial charge in [-0.1, -0.05) is 24.6 Å². The van der Waals surface area contributed by atoms with Crippen LogP contribution in [-0.4, -0.2) is 47.8 Å². The van der Waals surface area contributed by atoms with E-state index < -0.39 is 31.9 Å². The molecule has 30 heavy (non-hydrogen) atoms. The van der Waals surface area contributed by atoms with Gasteiger partial charge in [-0.3, -0.25) is 4.31 Å². The average molecular weight is 454 g/mol. The van der Waals surface area contributed by atoms with Crippen molar-refractivity contribution < 1.29 is 31.1 Å². The van der Waals surface area contributed by atoms with Crippen LogP contribution in [0.1, 0.15) is 19.4 Å². The fourth-order valence-corrected chi connectivity index (χ4v) is 5.38. The van der Waals surface area contributed by atoms with Crippen LogP contribution in [0, 0.1) is 6.92 Å². The fourth-order valence-electron chi connectivity index (χ4n) is 3.01. The molecule has 1 atom stereocenters. The molecule has 2 aromatic rings.